The standard InChI is InChI=1S/C13H26N2O2.ClH/c1-6-10(2)11-9-14-7-8-15(11)12(16)17-13(3,4)5;/h10-11,14H,6-9H2,1-5H3;1H/t10?,11-;/m1./s1. The molecule has 1 aliphatic rings. The molecule has 1 amide bonds. The van der Waals surface area contributed by atoms with Crippen molar-refractivity contribution >= 4 is 18.5 Å². The molecule has 0 saturated carbocycles. The summed E-state index contributed by atoms with van der Waals surface area (Å²) in [5.41, 5.74) is -0.415. The molecule has 4 nitrogen and oxygen atoms in total. The Balaban J connectivity index is 0.00000289. The van der Waals surface area contributed by atoms with Gasteiger partial charge in [0.1, 0.15) is 5.60 Å². The quantitative estimate of drug-likeness (QED) is 0.844. The number of hydrogen-bond donors (Lipinski definition) is 1. The van der Waals surface area contributed by atoms with Crippen LogP contribution >= 0.6 is 12.4 Å². The van der Waals surface area contributed by atoms with E-state index in [4.69, 9.17) is 4.74 Å². The van der Waals surface area contributed by atoms with Gasteiger partial charge in [0.25, 0.3) is 0 Å². The maximum Gasteiger partial charge on any atom is 0.410 e. The van der Waals surface area contributed by atoms with E-state index in [1.165, 1.54) is 0 Å². The molecule has 1 saturated heterocycles. The first-order valence-electron chi connectivity index (χ1n) is 6.55. The summed E-state index contributed by atoms with van der Waals surface area (Å²) in [5.74, 6) is 0.496. The number of ether oxygens (including phenoxy) is 1. The Hall–Kier alpha value is -0.480. The lowest BCUT2D eigenvalue weighted by molar-refractivity contribution is 0.00525. The average Bonchev–Trinajstić information content (AvgIpc) is 2.25. The molecule has 1 rings (SSSR count). The Bertz CT molecular complexity index is 266. The van der Waals surface area contributed by atoms with Crippen LogP contribution in [0.4, 0.5) is 4.79 Å². The number of hydrogen-bond acceptors (Lipinski definition) is 3. The molecule has 108 valence electrons. The third-order valence-electron chi connectivity index (χ3n) is 3.21. The van der Waals surface area contributed by atoms with Crippen LogP contribution in [0.3, 0.4) is 0 Å². The number of halogens is 1. The second-order valence-corrected chi connectivity index (χ2v) is 5.83. The van der Waals surface area contributed by atoms with E-state index < -0.39 is 5.60 Å². The van der Waals surface area contributed by atoms with Gasteiger partial charge >= 0.3 is 6.09 Å². The van der Waals surface area contributed by atoms with Crippen molar-refractivity contribution in [3.8, 4) is 0 Å². The van der Waals surface area contributed by atoms with Crippen molar-refractivity contribution in [3.63, 3.8) is 0 Å². The molecule has 0 aromatic rings. The molecule has 0 bridgehead atoms. The van der Waals surface area contributed by atoms with Gasteiger partial charge in [-0.15, -0.1) is 12.4 Å². The second-order valence-electron chi connectivity index (χ2n) is 5.83. The highest BCUT2D eigenvalue weighted by atomic mass is 35.5. The predicted molar refractivity (Wildman–Crippen MR) is 76.3 cm³/mol. The van der Waals surface area contributed by atoms with Gasteiger partial charge < -0.3 is 15.0 Å². The van der Waals surface area contributed by atoms with E-state index in [1.807, 2.05) is 25.7 Å². The van der Waals surface area contributed by atoms with Crippen LogP contribution < -0.4 is 5.32 Å². The van der Waals surface area contributed by atoms with Gasteiger partial charge in [-0.05, 0) is 26.7 Å². The number of nitrogens with one attached hydrogen (secondary N) is 1. The first-order valence-corrected chi connectivity index (χ1v) is 6.55. The number of amides is 1. The van der Waals surface area contributed by atoms with Crippen LogP contribution in [0.2, 0.25) is 0 Å². The summed E-state index contributed by atoms with van der Waals surface area (Å²) in [6, 6.07) is 0.253. The van der Waals surface area contributed by atoms with Crippen molar-refractivity contribution in [2.45, 2.75) is 52.7 Å². The minimum atomic E-state index is -0.415. The molecule has 1 fully saturated rings. The van der Waals surface area contributed by atoms with Crippen molar-refractivity contribution in [2.75, 3.05) is 19.6 Å². The molecule has 5 heteroatoms. The van der Waals surface area contributed by atoms with E-state index in [2.05, 4.69) is 19.2 Å². The Kier molecular flexibility index (Phi) is 7.00. The molecule has 0 aliphatic carbocycles. The Morgan fingerprint density at radius 2 is 2.11 bits per heavy atom. The lowest BCUT2D eigenvalue weighted by Crippen LogP contribution is -2.56. The fourth-order valence-electron chi connectivity index (χ4n) is 2.05. The van der Waals surface area contributed by atoms with Gasteiger partial charge in [-0.25, -0.2) is 4.79 Å². The third kappa shape index (κ3) is 5.02. The first-order chi connectivity index (χ1) is 7.85. The fraction of sp³-hybridized carbons (Fsp3) is 0.923. The summed E-state index contributed by atoms with van der Waals surface area (Å²) in [7, 11) is 0. The molecule has 1 N–H and O–H groups in total. The monoisotopic (exact) mass is 278 g/mol. The zero-order valence-corrected chi connectivity index (χ0v) is 13.0. The molecular formula is C13H27ClN2O2. The summed E-state index contributed by atoms with van der Waals surface area (Å²) in [4.78, 5) is 14.0. The molecule has 2 atom stereocenters. The lowest BCUT2D eigenvalue weighted by Gasteiger charge is -2.39. The molecule has 0 spiro atoms. The summed E-state index contributed by atoms with van der Waals surface area (Å²) in [6.07, 6.45) is 0.898. The smallest absolute Gasteiger partial charge is 0.410 e. The minimum Gasteiger partial charge on any atom is -0.444 e. The maximum atomic E-state index is 12.1. The number of carbonyl (C=O) groups is 1. The van der Waals surface area contributed by atoms with E-state index in [0.29, 0.717) is 5.92 Å². The molecule has 0 radical (unpaired) electrons. The first kappa shape index (κ1) is 17.5. The molecule has 1 aliphatic heterocycles. The average molecular weight is 279 g/mol. The number of nitrogens with zero attached hydrogens (tertiary/aromatic N) is 1. The van der Waals surface area contributed by atoms with E-state index in [1.54, 1.807) is 0 Å². The van der Waals surface area contributed by atoms with Crippen LogP contribution in [0.25, 0.3) is 0 Å². The highest BCUT2D eigenvalue weighted by molar-refractivity contribution is 5.85. The van der Waals surface area contributed by atoms with Crippen molar-refractivity contribution in [1.82, 2.24) is 10.2 Å². The van der Waals surface area contributed by atoms with Gasteiger partial charge in [-0.2, -0.15) is 0 Å². The van der Waals surface area contributed by atoms with Gasteiger partial charge in [0.2, 0.25) is 0 Å². The zero-order chi connectivity index (χ0) is 13.1. The van der Waals surface area contributed by atoms with E-state index in [9.17, 15) is 4.79 Å². The molecular weight excluding hydrogens is 252 g/mol. The summed E-state index contributed by atoms with van der Waals surface area (Å²) < 4.78 is 5.46. The zero-order valence-electron chi connectivity index (χ0n) is 12.2. The summed E-state index contributed by atoms with van der Waals surface area (Å²) >= 11 is 0. The molecule has 1 heterocycles. The highest BCUT2D eigenvalue weighted by Crippen LogP contribution is 2.19. The number of carbonyl (C=O) groups excluding carboxylic acids is 1. The second kappa shape index (κ2) is 7.19. The van der Waals surface area contributed by atoms with E-state index in [0.717, 1.165) is 26.1 Å². The van der Waals surface area contributed by atoms with Crippen molar-refractivity contribution < 1.29 is 9.53 Å². The van der Waals surface area contributed by atoms with Crippen LogP contribution in [0, 0.1) is 5.92 Å². The minimum absolute atomic E-state index is 0. The van der Waals surface area contributed by atoms with Crippen LogP contribution in [-0.4, -0.2) is 42.3 Å². The Morgan fingerprint density at radius 1 is 1.50 bits per heavy atom. The topological polar surface area (TPSA) is 41.6 Å². The third-order valence-corrected chi connectivity index (χ3v) is 3.21. The Labute approximate surface area is 117 Å². The van der Waals surface area contributed by atoms with Gasteiger partial charge in [0.05, 0.1) is 6.04 Å². The van der Waals surface area contributed by atoms with E-state index in [-0.39, 0.29) is 24.5 Å². The molecule has 1 unspecified atom stereocenters. The normalized spacial score (nSPS) is 22.1. The maximum absolute atomic E-state index is 12.1. The summed E-state index contributed by atoms with van der Waals surface area (Å²) in [5, 5.41) is 3.35. The lowest BCUT2D eigenvalue weighted by atomic mass is 9.96. The summed E-state index contributed by atoms with van der Waals surface area (Å²) in [6.45, 7) is 12.5. The largest absolute Gasteiger partial charge is 0.444 e. The molecule has 0 aromatic carbocycles. The van der Waals surface area contributed by atoms with Crippen LogP contribution in [0.15, 0.2) is 0 Å². The van der Waals surface area contributed by atoms with Crippen LogP contribution in [0.1, 0.15) is 41.0 Å². The highest BCUT2D eigenvalue weighted by Gasteiger charge is 2.32. The van der Waals surface area contributed by atoms with Crippen molar-refractivity contribution in [1.29, 1.82) is 0 Å². The SMILES string of the molecule is CCC(C)[C@H]1CNCCN1C(=O)OC(C)(C)C.Cl. The van der Waals surface area contributed by atoms with Crippen LogP contribution in [-0.2, 0) is 4.74 Å². The molecule has 18 heavy (non-hydrogen) atoms. The van der Waals surface area contributed by atoms with Crippen molar-refractivity contribution in [3.05, 3.63) is 0 Å². The predicted octanol–water partition coefficient (Wildman–Crippen LogP) is 2.66. The molecule has 0 aromatic heterocycles. The van der Waals surface area contributed by atoms with Gasteiger partial charge in [0, 0.05) is 19.6 Å². The van der Waals surface area contributed by atoms with Gasteiger partial charge in [-0.1, -0.05) is 20.3 Å². The Morgan fingerprint density at radius 3 is 2.61 bits per heavy atom. The number of piperazine rings is 1. The van der Waals surface area contributed by atoms with E-state index >= 15 is 0 Å². The van der Waals surface area contributed by atoms with Gasteiger partial charge in [-0.3, -0.25) is 0 Å². The van der Waals surface area contributed by atoms with Crippen LogP contribution in [0.5, 0.6) is 0 Å². The van der Waals surface area contributed by atoms with Gasteiger partial charge in [0.15, 0.2) is 0 Å². The number of rotatable bonds is 2. The van der Waals surface area contributed by atoms with Crippen molar-refractivity contribution in [2.24, 2.45) is 5.92 Å². The fourth-order valence-corrected chi connectivity index (χ4v) is 2.05.